The first-order chi connectivity index (χ1) is 11.8. The molecule has 1 aromatic heterocycles. The summed E-state index contributed by atoms with van der Waals surface area (Å²) in [4.78, 5) is 6.84. The van der Waals surface area contributed by atoms with E-state index < -0.39 is 0 Å². The Balaban J connectivity index is 1.62. The van der Waals surface area contributed by atoms with Crippen molar-refractivity contribution in [2.45, 2.75) is 25.0 Å². The van der Waals surface area contributed by atoms with E-state index in [0.29, 0.717) is 12.1 Å². The molecule has 0 amide bonds. The van der Waals surface area contributed by atoms with Crippen molar-refractivity contribution in [3.8, 4) is 5.75 Å². The fraction of sp³-hybridized carbons (Fsp3) is 0.350. The van der Waals surface area contributed by atoms with Crippen LogP contribution in [0.4, 0.5) is 0 Å². The van der Waals surface area contributed by atoms with Crippen molar-refractivity contribution in [2.24, 2.45) is 0 Å². The first kappa shape index (κ1) is 15.4. The fourth-order valence-corrected chi connectivity index (χ4v) is 3.70. The minimum atomic E-state index is 0.303. The minimum absolute atomic E-state index is 0.303. The molecule has 2 aliphatic rings. The first-order valence-electron chi connectivity index (χ1n) is 8.41. The van der Waals surface area contributed by atoms with E-state index in [1.54, 1.807) is 13.3 Å². The van der Waals surface area contributed by atoms with Crippen molar-refractivity contribution >= 4 is 5.57 Å². The van der Waals surface area contributed by atoms with E-state index in [0.717, 1.165) is 37.5 Å². The van der Waals surface area contributed by atoms with E-state index in [-0.39, 0.29) is 0 Å². The standard InChI is InChI=1S/C20H22N2O2/c1-23-20-7-8-21-11-19(20)16-9-17-13-24-14-18(10-16)22(17)12-15-5-3-2-4-6-15/h2-9,11,17-18H,10,12-14H2,1H3. The van der Waals surface area contributed by atoms with Gasteiger partial charge in [-0.05, 0) is 23.6 Å². The van der Waals surface area contributed by atoms with Crippen LogP contribution in [0.1, 0.15) is 17.5 Å². The van der Waals surface area contributed by atoms with Crippen LogP contribution < -0.4 is 4.74 Å². The molecule has 0 radical (unpaired) electrons. The molecule has 2 aromatic rings. The molecule has 1 fully saturated rings. The predicted octanol–water partition coefficient (Wildman–Crippen LogP) is 3.15. The van der Waals surface area contributed by atoms with Crippen molar-refractivity contribution in [3.63, 3.8) is 0 Å². The number of methoxy groups -OCH3 is 1. The molecule has 0 aliphatic carbocycles. The second kappa shape index (κ2) is 6.75. The normalized spacial score (nSPS) is 23.6. The van der Waals surface area contributed by atoms with Crippen molar-refractivity contribution in [3.05, 3.63) is 66.0 Å². The molecule has 1 saturated heterocycles. The molecule has 3 heterocycles. The van der Waals surface area contributed by atoms with Crippen molar-refractivity contribution in [2.75, 3.05) is 20.3 Å². The Morgan fingerprint density at radius 3 is 2.88 bits per heavy atom. The lowest BCUT2D eigenvalue weighted by atomic mass is 9.89. The zero-order chi connectivity index (χ0) is 16.4. The molecule has 1 aromatic carbocycles. The minimum Gasteiger partial charge on any atom is -0.496 e. The molecular weight excluding hydrogens is 300 g/mol. The van der Waals surface area contributed by atoms with Crippen LogP contribution in [0.15, 0.2) is 54.9 Å². The molecule has 4 rings (SSSR count). The summed E-state index contributed by atoms with van der Waals surface area (Å²) in [7, 11) is 1.72. The maximum Gasteiger partial charge on any atom is 0.129 e. The van der Waals surface area contributed by atoms with E-state index in [2.05, 4.69) is 46.3 Å². The Hall–Kier alpha value is -2.17. The average Bonchev–Trinajstić information content (AvgIpc) is 2.62. The maximum absolute atomic E-state index is 5.81. The van der Waals surface area contributed by atoms with Crippen LogP contribution in [0.2, 0.25) is 0 Å². The number of hydrogen-bond acceptors (Lipinski definition) is 4. The Morgan fingerprint density at radius 1 is 1.21 bits per heavy atom. The summed E-state index contributed by atoms with van der Waals surface area (Å²) in [5, 5.41) is 0. The van der Waals surface area contributed by atoms with Gasteiger partial charge in [-0.15, -0.1) is 0 Å². The molecule has 124 valence electrons. The van der Waals surface area contributed by atoms with Gasteiger partial charge in [0.2, 0.25) is 0 Å². The highest BCUT2D eigenvalue weighted by molar-refractivity contribution is 5.71. The van der Waals surface area contributed by atoms with Crippen LogP contribution in [-0.2, 0) is 11.3 Å². The molecule has 4 heteroatoms. The summed E-state index contributed by atoms with van der Waals surface area (Å²) < 4.78 is 11.3. The number of aromatic nitrogens is 1. The molecule has 0 spiro atoms. The lowest BCUT2D eigenvalue weighted by molar-refractivity contribution is -0.0403. The topological polar surface area (TPSA) is 34.6 Å². The lowest BCUT2D eigenvalue weighted by Gasteiger charge is -2.44. The summed E-state index contributed by atoms with van der Waals surface area (Å²) in [6, 6.07) is 13.3. The quantitative estimate of drug-likeness (QED) is 0.866. The van der Waals surface area contributed by atoms with Crippen LogP contribution in [0.5, 0.6) is 5.75 Å². The monoisotopic (exact) mass is 322 g/mol. The van der Waals surface area contributed by atoms with Gasteiger partial charge >= 0.3 is 0 Å². The smallest absolute Gasteiger partial charge is 0.129 e. The summed E-state index contributed by atoms with van der Waals surface area (Å²) in [5.41, 5.74) is 3.78. The third-order valence-electron chi connectivity index (χ3n) is 4.90. The third-order valence-corrected chi connectivity index (χ3v) is 4.90. The van der Waals surface area contributed by atoms with Gasteiger partial charge in [0.05, 0.1) is 26.4 Å². The molecule has 2 unspecified atom stereocenters. The number of hydrogen-bond donors (Lipinski definition) is 0. The molecule has 24 heavy (non-hydrogen) atoms. The molecule has 0 N–H and O–H groups in total. The third kappa shape index (κ3) is 2.95. The molecule has 0 saturated carbocycles. The Morgan fingerprint density at radius 2 is 2.08 bits per heavy atom. The zero-order valence-corrected chi connectivity index (χ0v) is 13.9. The van der Waals surface area contributed by atoms with Crippen LogP contribution in [0.3, 0.4) is 0 Å². The molecular formula is C20H22N2O2. The van der Waals surface area contributed by atoms with Crippen LogP contribution >= 0.6 is 0 Å². The molecule has 2 atom stereocenters. The van der Waals surface area contributed by atoms with Gasteiger partial charge in [0, 0.05) is 30.5 Å². The second-order valence-corrected chi connectivity index (χ2v) is 6.39. The summed E-state index contributed by atoms with van der Waals surface area (Å²) in [5.74, 6) is 0.895. The van der Waals surface area contributed by atoms with Crippen molar-refractivity contribution in [1.82, 2.24) is 9.88 Å². The van der Waals surface area contributed by atoms with Gasteiger partial charge in [-0.1, -0.05) is 36.4 Å². The van der Waals surface area contributed by atoms with Gasteiger partial charge in [-0.3, -0.25) is 9.88 Å². The number of rotatable bonds is 4. The van der Waals surface area contributed by atoms with Crippen molar-refractivity contribution in [1.29, 1.82) is 0 Å². The molecule has 2 aliphatic heterocycles. The van der Waals surface area contributed by atoms with Gasteiger partial charge in [0.25, 0.3) is 0 Å². The SMILES string of the molecule is COc1ccncc1C1=CC2COCC(C1)N2Cc1ccccc1. The van der Waals surface area contributed by atoms with E-state index >= 15 is 0 Å². The highest BCUT2D eigenvalue weighted by atomic mass is 16.5. The van der Waals surface area contributed by atoms with Gasteiger partial charge < -0.3 is 9.47 Å². The largest absolute Gasteiger partial charge is 0.496 e. The Kier molecular flexibility index (Phi) is 4.32. The van der Waals surface area contributed by atoms with E-state index in [1.807, 2.05) is 12.3 Å². The number of nitrogens with zero attached hydrogens (tertiary/aromatic N) is 2. The van der Waals surface area contributed by atoms with E-state index in [9.17, 15) is 0 Å². The molecule has 2 bridgehead atoms. The van der Waals surface area contributed by atoms with Crippen molar-refractivity contribution < 1.29 is 9.47 Å². The van der Waals surface area contributed by atoms with Gasteiger partial charge in [-0.2, -0.15) is 0 Å². The predicted molar refractivity (Wildman–Crippen MR) is 93.8 cm³/mol. The average molecular weight is 322 g/mol. The number of benzene rings is 1. The van der Waals surface area contributed by atoms with E-state index in [4.69, 9.17) is 9.47 Å². The van der Waals surface area contributed by atoms with Gasteiger partial charge in [0.15, 0.2) is 0 Å². The van der Waals surface area contributed by atoms with Gasteiger partial charge in [0.1, 0.15) is 5.75 Å². The fourth-order valence-electron chi connectivity index (χ4n) is 3.70. The maximum atomic E-state index is 5.81. The Bertz CT molecular complexity index is 729. The van der Waals surface area contributed by atoms with Gasteiger partial charge in [-0.25, -0.2) is 0 Å². The molecule has 4 nitrogen and oxygen atoms in total. The van der Waals surface area contributed by atoms with Crippen LogP contribution in [-0.4, -0.2) is 42.3 Å². The number of ether oxygens (including phenoxy) is 2. The highest BCUT2D eigenvalue weighted by Crippen LogP contribution is 2.36. The second-order valence-electron chi connectivity index (χ2n) is 6.39. The van der Waals surface area contributed by atoms with Crippen LogP contribution in [0, 0.1) is 0 Å². The number of fused-ring (bicyclic) bond motifs is 2. The van der Waals surface area contributed by atoms with E-state index in [1.165, 1.54) is 11.1 Å². The summed E-state index contributed by atoms with van der Waals surface area (Å²) >= 11 is 0. The summed E-state index contributed by atoms with van der Waals surface area (Å²) in [6.07, 6.45) is 6.98. The highest BCUT2D eigenvalue weighted by Gasteiger charge is 2.35. The number of pyridine rings is 1. The Labute approximate surface area is 142 Å². The zero-order valence-electron chi connectivity index (χ0n) is 13.9. The van der Waals surface area contributed by atoms with Crippen LogP contribution in [0.25, 0.3) is 5.57 Å². The summed E-state index contributed by atoms with van der Waals surface area (Å²) in [6.45, 7) is 2.49. The first-order valence-corrected chi connectivity index (χ1v) is 8.41. The number of morpholine rings is 1. The lowest BCUT2D eigenvalue weighted by Crippen LogP contribution is -2.53.